The second-order valence-electron chi connectivity index (χ2n) is 9.08. The lowest BCUT2D eigenvalue weighted by atomic mass is 9.94. The van der Waals surface area contributed by atoms with Crippen molar-refractivity contribution < 1.29 is 34.0 Å². The van der Waals surface area contributed by atoms with Gasteiger partial charge in [-0.05, 0) is 67.8 Å². The van der Waals surface area contributed by atoms with Crippen molar-refractivity contribution in [3.05, 3.63) is 88.0 Å². The molecule has 0 aliphatic carbocycles. The first-order valence-electron chi connectivity index (χ1n) is 12.2. The zero-order valence-electron chi connectivity index (χ0n) is 22.1. The molecule has 1 amide bonds. The number of carbonyl (C=O) groups is 2. The van der Waals surface area contributed by atoms with Crippen LogP contribution in [0.1, 0.15) is 40.8 Å². The summed E-state index contributed by atoms with van der Waals surface area (Å²) in [6.45, 7) is 6.13. The quantitative estimate of drug-likeness (QED) is 0.245. The molecule has 8 nitrogen and oxygen atoms in total. The highest BCUT2D eigenvalue weighted by molar-refractivity contribution is 6.46. The maximum Gasteiger partial charge on any atom is 0.295 e. The lowest BCUT2D eigenvalue weighted by molar-refractivity contribution is -0.140. The molecule has 1 aliphatic rings. The molecule has 1 unspecified atom stereocenters. The number of aryl methyl sites for hydroxylation is 2. The summed E-state index contributed by atoms with van der Waals surface area (Å²) in [6, 6.07) is 14.4. The number of carbonyl (C=O) groups excluding carboxylic acids is 2. The van der Waals surface area contributed by atoms with E-state index in [1.807, 2.05) is 32.0 Å². The number of benzene rings is 3. The Kier molecular flexibility index (Phi) is 7.62. The van der Waals surface area contributed by atoms with Crippen molar-refractivity contribution in [3.63, 3.8) is 0 Å². The van der Waals surface area contributed by atoms with E-state index in [4.69, 9.17) is 14.2 Å². The topological polar surface area (TPSA) is 106 Å². The molecule has 2 N–H and O–H groups in total. The van der Waals surface area contributed by atoms with Crippen LogP contribution in [0.3, 0.4) is 0 Å². The van der Waals surface area contributed by atoms with E-state index in [-0.39, 0.29) is 29.2 Å². The normalized spacial score (nSPS) is 16.6. The molecule has 8 heteroatoms. The molecule has 1 heterocycles. The zero-order valence-corrected chi connectivity index (χ0v) is 22.1. The lowest BCUT2D eigenvalue weighted by Gasteiger charge is -2.27. The summed E-state index contributed by atoms with van der Waals surface area (Å²) in [5.74, 6) is -1.07. The molecule has 1 saturated heterocycles. The van der Waals surface area contributed by atoms with Gasteiger partial charge in [0.2, 0.25) is 0 Å². The van der Waals surface area contributed by atoms with Crippen molar-refractivity contribution in [3.8, 4) is 23.0 Å². The number of Topliss-reactive ketones (excluding diaryl/α,β-unsaturated/α-hetero) is 1. The molecule has 0 saturated carbocycles. The first kappa shape index (κ1) is 26.6. The molecule has 38 heavy (non-hydrogen) atoms. The Morgan fingerprint density at radius 1 is 0.947 bits per heavy atom. The number of rotatable bonds is 8. The Balaban J connectivity index is 1.95. The van der Waals surface area contributed by atoms with Crippen molar-refractivity contribution in [1.82, 2.24) is 4.90 Å². The fraction of sp³-hybridized carbons (Fsp3) is 0.267. The molecule has 0 aromatic heterocycles. The van der Waals surface area contributed by atoms with Crippen LogP contribution in [0.15, 0.2) is 60.2 Å². The van der Waals surface area contributed by atoms with E-state index in [1.54, 1.807) is 37.3 Å². The van der Waals surface area contributed by atoms with Gasteiger partial charge in [-0.25, -0.2) is 0 Å². The van der Waals surface area contributed by atoms with Gasteiger partial charge in [0.25, 0.3) is 11.7 Å². The van der Waals surface area contributed by atoms with Gasteiger partial charge in [0.05, 0.1) is 38.0 Å². The summed E-state index contributed by atoms with van der Waals surface area (Å²) in [4.78, 5) is 28.4. The number of ketones is 1. The number of amides is 1. The molecule has 198 valence electrons. The minimum atomic E-state index is -0.953. The van der Waals surface area contributed by atoms with Crippen molar-refractivity contribution in [1.29, 1.82) is 0 Å². The van der Waals surface area contributed by atoms with Gasteiger partial charge in [-0.2, -0.15) is 0 Å². The summed E-state index contributed by atoms with van der Waals surface area (Å²) in [6.07, 6.45) is 0. The number of phenolic OH excluding ortho intramolecular Hbond substituents is 1. The maximum atomic E-state index is 13.5. The predicted molar refractivity (Wildman–Crippen MR) is 143 cm³/mol. The summed E-state index contributed by atoms with van der Waals surface area (Å²) < 4.78 is 16.3. The number of aliphatic hydroxyl groups is 1. The van der Waals surface area contributed by atoms with Gasteiger partial charge in [0.1, 0.15) is 17.3 Å². The van der Waals surface area contributed by atoms with Gasteiger partial charge in [0, 0.05) is 6.54 Å². The number of hydrogen-bond donors (Lipinski definition) is 2. The van der Waals surface area contributed by atoms with Gasteiger partial charge >= 0.3 is 0 Å². The van der Waals surface area contributed by atoms with Gasteiger partial charge in [-0.3, -0.25) is 9.59 Å². The largest absolute Gasteiger partial charge is 0.507 e. The Hall–Kier alpha value is -4.46. The van der Waals surface area contributed by atoms with E-state index < -0.39 is 23.5 Å². The van der Waals surface area contributed by atoms with Crippen LogP contribution in [0.25, 0.3) is 5.76 Å². The van der Waals surface area contributed by atoms with Crippen molar-refractivity contribution in [2.24, 2.45) is 0 Å². The van der Waals surface area contributed by atoms with E-state index in [0.29, 0.717) is 23.7 Å². The Labute approximate surface area is 221 Å². The van der Waals surface area contributed by atoms with Crippen molar-refractivity contribution >= 4 is 17.4 Å². The van der Waals surface area contributed by atoms with Crippen LogP contribution in [0.5, 0.6) is 23.0 Å². The SMILES string of the molecule is CCOc1cc(C2/C(=C(\O)c3cc(OC)ccc3OC)C(=O)C(=O)N2Cc2cc(C)ccc2C)ccc1O. The Morgan fingerprint density at radius 3 is 2.39 bits per heavy atom. The second-order valence-corrected chi connectivity index (χ2v) is 9.08. The predicted octanol–water partition coefficient (Wildman–Crippen LogP) is 5.05. The molecule has 3 aromatic carbocycles. The van der Waals surface area contributed by atoms with E-state index in [1.165, 1.54) is 25.2 Å². The number of nitrogens with zero attached hydrogens (tertiary/aromatic N) is 1. The fourth-order valence-corrected chi connectivity index (χ4v) is 4.66. The molecule has 1 fully saturated rings. The van der Waals surface area contributed by atoms with E-state index in [0.717, 1.165) is 16.7 Å². The summed E-state index contributed by atoms with van der Waals surface area (Å²) in [5, 5.41) is 21.8. The van der Waals surface area contributed by atoms with Crippen LogP contribution in [-0.4, -0.2) is 47.6 Å². The zero-order chi connectivity index (χ0) is 27.6. The second kappa shape index (κ2) is 10.9. The van der Waals surface area contributed by atoms with Crippen LogP contribution in [0, 0.1) is 13.8 Å². The number of phenols is 1. The highest BCUT2D eigenvalue weighted by atomic mass is 16.5. The number of likely N-dealkylation sites (tertiary alicyclic amines) is 1. The number of methoxy groups -OCH3 is 2. The molecule has 0 spiro atoms. The molecule has 0 bridgehead atoms. The standard InChI is InChI=1S/C30H31NO7/c1-6-38-25-14-19(9-11-23(25)32)27-26(28(33)22-15-21(36-4)10-12-24(22)37-5)29(34)30(35)31(27)16-20-13-17(2)7-8-18(20)3/h7-15,27,32-33H,6,16H2,1-5H3/b28-26+. The molecule has 0 radical (unpaired) electrons. The average molecular weight is 518 g/mol. The minimum Gasteiger partial charge on any atom is -0.507 e. The minimum absolute atomic E-state index is 0.0726. The highest BCUT2D eigenvalue weighted by Gasteiger charge is 2.46. The van der Waals surface area contributed by atoms with Crippen molar-refractivity contribution in [2.75, 3.05) is 20.8 Å². The summed E-state index contributed by atoms with van der Waals surface area (Å²) in [7, 11) is 2.93. The van der Waals surface area contributed by atoms with Crippen molar-refractivity contribution in [2.45, 2.75) is 33.4 Å². The van der Waals surface area contributed by atoms with Gasteiger partial charge < -0.3 is 29.3 Å². The third-order valence-corrected chi connectivity index (χ3v) is 6.65. The highest BCUT2D eigenvalue weighted by Crippen LogP contribution is 2.44. The van der Waals surface area contributed by atoms with E-state index in [2.05, 4.69) is 0 Å². The van der Waals surface area contributed by atoms with Crippen LogP contribution >= 0.6 is 0 Å². The summed E-state index contributed by atoms with van der Waals surface area (Å²) in [5.41, 5.74) is 3.47. The Bertz CT molecular complexity index is 1430. The monoisotopic (exact) mass is 517 g/mol. The van der Waals surface area contributed by atoms with Gasteiger partial charge in [-0.15, -0.1) is 0 Å². The molecular weight excluding hydrogens is 486 g/mol. The molecule has 1 aliphatic heterocycles. The number of ether oxygens (including phenoxy) is 3. The van der Waals surface area contributed by atoms with Crippen LogP contribution in [-0.2, 0) is 16.1 Å². The van der Waals surface area contributed by atoms with Crippen LogP contribution < -0.4 is 14.2 Å². The third-order valence-electron chi connectivity index (χ3n) is 6.65. The first-order chi connectivity index (χ1) is 18.2. The molecule has 1 atom stereocenters. The number of hydrogen-bond acceptors (Lipinski definition) is 7. The third kappa shape index (κ3) is 4.89. The Morgan fingerprint density at radius 2 is 1.71 bits per heavy atom. The summed E-state index contributed by atoms with van der Waals surface area (Å²) >= 11 is 0. The van der Waals surface area contributed by atoms with Crippen LogP contribution in [0.2, 0.25) is 0 Å². The lowest BCUT2D eigenvalue weighted by Crippen LogP contribution is -2.29. The van der Waals surface area contributed by atoms with Gasteiger partial charge in [0.15, 0.2) is 11.5 Å². The van der Waals surface area contributed by atoms with E-state index >= 15 is 0 Å². The molecular formula is C30H31NO7. The first-order valence-corrected chi connectivity index (χ1v) is 12.2. The van der Waals surface area contributed by atoms with Crippen LogP contribution in [0.4, 0.5) is 0 Å². The fourth-order valence-electron chi connectivity index (χ4n) is 4.66. The smallest absolute Gasteiger partial charge is 0.295 e. The average Bonchev–Trinajstić information content (AvgIpc) is 3.16. The molecule has 3 aromatic rings. The maximum absolute atomic E-state index is 13.5. The molecule has 4 rings (SSSR count). The number of aliphatic hydroxyl groups excluding tert-OH is 1. The number of aromatic hydroxyl groups is 1. The van der Waals surface area contributed by atoms with Gasteiger partial charge in [-0.1, -0.05) is 29.8 Å². The van der Waals surface area contributed by atoms with E-state index in [9.17, 15) is 19.8 Å².